The molecule has 0 bridgehead atoms. The molecule has 6 nitrogen and oxygen atoms in total. The van der Waals surface area contributed by atoms with Gasteiger partial charge in [-0.05, 0) is 49.2 Å². The molecule has 154 valence electrons. The van der Waals surface area contributed by atoms with Gasteiger partial charge in [0.05, 0.1) is 16.3 Å². The lowest BCUT2D eigenvalue weighted by molar-refractivity contribution is -0.119. The van der Waals surface area contributed by atoms with Gasteiger partial charge in [0.2, 0.25) is 0 Å². The van der Waals surface area contributed by atoms with E-state index < -0.39 is 22.5 Å². The third-order valence-corrected chi connectivity index (χ3v) is 6.24. The van der Waals surface area contributed by atoms with Crippen LogP contribution in [0.1, 0.15) is 18.1 Å². The summed E-state index contributed by atoms with van der Waals surface area (Å²) in [4.78, 5) is 12.7. The van der Waals surface area contributed by atoms with Crippen molar-refractivity contribution in [3.05, 3.63) is 96.1 Å². The van der Waals surface area contributed by atoms with Crippen molar-refractivity contribution < 1.29 is 13.2 Å². The van der Waals surface area contributed by atoms with Crippen LogP contribution in [0.15, 0.2) is 94.9 Å². The lowest BCUT2D eigenvalue weighted by Crippen LogP contribution is -2.39. The van der Waals surface area contributed by atoms with Crippen molar-refractivity contribution in [2.45, 2.75) is 18.7 Å². The molecule has 0 heterocycles. The molecule has 0 aromatic heterocycles. The van der Waals surface area contributed by atoms with E-state index in [1.807, 2.05) is 43.3 Å². The van der Waals surface area contributed by atoms with Crippen LogP contribution in [0, 0.1) is 6.92 Å². The predicted molar refractivity (Wildman–Crippen MR) is 119 cm³/mol. The molecular weight excluding hydrogens is 398 g/mol. The zero-order valence-electron chi connectivity index (χ0n) is 16.8. The normalized spacial score (nSPS) is 11.7. The number of rotatable bonds is 7. The molecule has 0 spiro atoms. The van der Waals surface area contributed by atoms with Crippen LogP contribution in [0.4, 0.5) is 5.69 Å². The Morgan fingerprint density at radius 1 is 0.933 bits per heavy atom. The standard InChI is InChI=1S/C23H23N3O3S/c1-18-10-9-13-21(16-18)26(30(28,29)22-14-7-4-8-15-22)17-23(27)25-24-19(2)20-11-5-3-6-12-20/h3-16H,17H2,1-2H3,(H,25,27)/b24-19-. The summed E-state index contributed by atoms with van der Waals surface area (Å²) >= 11 is 0. The monoisotopic (exact) mass is 421 g/mol. The Balaban J connectivity index is 1.87. The highest BCUT2D eigenvalue weighted by atomic mass is 32.2. The number of hydrazone groups is 1. The van der Waals surface area contributed by atoms with Crippen LogP contribution >= 0.6 is 0 Å². The van der Waals surface area contributed by atoms with Gasteiger partial charge in [0.15, 0.2) is 0 Å². The molecule has 0 unspecified atom stereocenters. The van der Waals surface area contributed by atoms with Crippen LogP contribution in [0.5, 0.6) is 0 Å². The molecule has 1 N–H and O–H groups in total. The Morgan fingerprint density at radius 2 is 1.57 bits per heavy atom. The molecule has 0 saturated carbocycles. The van der Waals surface area contributed by atoms with E-state index in [2.05, 4.69) is 10.5 Å². The van der Waals surface area contributed by atoms with Crippen LogP contribution in [0.2, 0.25) is 0 Å². The molecule has 0 radical (unpaired) electrons. The largest absolute Gasteiger partial charge is 0.271 e. The summed E-state index contributed by atoms with van der Waals surface area (Å²) in [5.74, 6) is -0.536. The Hall–Kier alpha value is -3.45. The summed E-state index contributed by atoms with van der Waals surface area (Å²) < 4.78 is 27.6. The quantitative estimate of drug-likeness (QED) is 0.466. The van der Waals surface area contributed by atoms with E-state index in [1.54, 1.807) is 43.3 Å². The summed E-state index contributed by atoms with van der Waals surface area (Å²) in [7, 11) is -3.93. The topological polar surface area (TPSA) is 78.8 Å². The van der Waals surface area contributed by atoms with Crippen LogP contribution in [0.25, 0.3) is 0 Å². The summed E-state index contributed by atoms with van der Waals surface area (Å²) in [6.45, 7) is 3.24. The Morgan fingerprint density at radius 3 is 2.20 bits per heavy atom. The number of aryl methyl sites for hydroxylation is 1. The third-order valence-electron chi connectivity index (χ3n) is 4.45. The summed E-state index contributed by atoms with van der Waals surface area (Å²) in [5.41, 5.74) is 5.25. The van der Waals surface area contributed by atoms with Gasteiger partial charge < -0.3 is 0 Å². The molecule has 0 fully saturated rings. The van der Waals surface area contributed by atoms with Crippen molar-refractivity contribution in [1.82, 2.24) is 5.43 Å². The molecule has 0 aliphatic carbocycles. The summed E-state index contributed by atoms with van der Waals surface area (Å²) in [6.07, 6.45) is 0. The maximum Gasteiger partial charge on any atom is 0.264 e. The van der Waals surface area contributed by atoms with Gasteiger partial charge in [-0.15, -0.1) is 0 Å². The fourth-order valence-corrected chi connectivity index (χ4v) is 4.31. The van der Waals surface area contributed by atoms with E-state index in [-0.39, 0.29) is 4.90 Å². The van der Waals surface area contributed by atoms with Crippen molar-refractivity contribution in [2.75, 3.05) is 10.8 Å². The van der Waals surface area contributed by atoms with Gasteiger partial charge in [-0.25, -0.2) is 13.8 Å². The first-order valence-corrected chi connectivity index (χ1v) is 10.8. The minimum Gasteiger partial charge on any atom is -0.271 e. The number of anilines is 1. The highest BCUT2D eigenvalue weighted by Gasteiger charge is 2.27. The van der Waals surface area contributed by atoms with Crippen molar-refractivity contribution in [3.63, 3.8) is 0 Å². The number of carbonyl (C=O) groups is 1. The predicted octanol–water partition coefficient (Wildman–Crippen LogP) is 3.73. The van der Waals surface area contributed by atoms with Gasteiger partial charge in [-0.3, -0.25) is 9.10 Å². The zero-order chi connectivity index (χ0) is 21.6. The van der Waals surface area contributed by atoms with Gasteiger partial charge in [-0.2, -0.15) is 5.10 Å². The highest BCUT2D eigenvalue weighted by molar-refractivity contribution is 7.92. The minimum atomic E-state index is -3.93. The minimum absolute atomic E-state index is 0.114. The Kier molecular flexibility index (Phi) is 6.64. The Labute approximate surface area is 176 Å². The van der Waals surface area contributed by atoms with Crippen molar-refractivity contribution in [3.8, 4) is 0 Å². The SMILES string of the molecule is C/C(=N/NC(=O)CN(c1cccc(C)c1)S(=O)(=O)c1ccccc1)c1ccccc1. The highest BCUT2D eigenvalue weighted by Crippen LogP contribution is 2.24. The van der Waals surface area contributed by atoms with Crippen LogP contribution < -0.4 is 9.73 Å². The first kappa shape index (κ1) is 21.3. The Bertz CT molecular complexity index is 1140. The first-order chi connectivity index (χ1) is 14.4. The second-order valence-electron chi connectivity index (χ2n) is 6.76. The fraction of sp³-hybridized carbons (Fsp3) is 0.130. The third kappa shape index (κ3) is 5.12. The number of benzene rings is 3. The summed E-state index contributed by atoms with van der Waals surface area (Å²) in [6, 6.07) is 24.5. The number of amides is 1. The molecule has 3 rings (SSSR count). The molecule has 0 saturated heterocycles. The lowest BCUT2D eigenvalue weighted by Gasteiger charge is -2.24. The van der Waals surface area contributed by atoms with E-state index in [1.165, 1.54) is 12.1 Å². The number of sulfonamides is 1. The van der Waals surface area contributed by atoms with Crippen LogP contribution in [-0.4, -0.2) is 26.6 Å². The molecule has 0 atom stereocenters. The van der Waals surface area contributed by atoms with E-state index in [4.69, 9.17) is 0 Å². The molecular formula is C23H23N3O3S. The van der Waals surface area contributed by atoms with E-state index in [0.29, 0.717) is 11.4 Å². The maximum atomic E-state index is 13.2. The van der Waals surface area contributed by atoms with Gasteiger partial charge in [0.1, 0.15) is 6.54 Å². The van der Waals surface area contributed by atoms with Gasteiger partial charge >= 0.3 is 0 Å². The maximum absolute atomic E-state index is 13.2. The smallest absolute Gasteiger partial charge is 0.264 e. The molecule has 7 heteroatoms. The molecule has 1 amide bonds. The fourth-order valence-electron chi connectivity index (χ4n) is 2.87. The van der Waals surface area contributed by atoms with Gasteiger partial charge in [0, 0.05) is 0 Å². The average molecular weight is 422 g/mol. The number of nitrogens with zero attached hydrogens (tertiary/aromatic N) is 2. The second-order valence-corrected chi connectivity index (χ2v) is 8.62. The van der Waals surface area contributed by atoms with E-state index >= 15 is 0 Å². The summed E-state index contributed by atoms with van der Waals surface area (Å²) in [5, 5.41) is 4.11. The number of hydrogen-bond acceptors (Lipinski definition) is 4. The molecule has 30 heavy (non-hydrogen) atoms. The van der Waals surface area contributed by atoms with E-state index in [0.717, 1.165) is 15.4 Å². The molecule has 0 aliphatic heterocycles. The lowest BCUT2D eigenvalue weighted by atomic mass is 10.1. The number of carbonyl (C=O) groups excluding carboxylic acids is 1. The van der Waals surface area contributed by atoms with Crippen molar-refractivity contribution in [2.24, 2.45) is 5.10 Å². The van der Waals surface area contributed by atoms with Crippen LogP contribution in [-0.2, 0) is 14.8 Å². The second kappa shape index (κ2) is 9.37. The van der Waals surface area contributed by atoms with Crippen molar-refractivity contribution >= 4 is 27.3 Å². The van der Waals surface area contributed by atoms with Gasteiger partial charge in [0.25, 0.3) is 15.9 Å². The molecule has 0 aliphatic rings. The first-order valence-electron chi connectivity index (χ1n) is 9.41. The zero-order valence-corrected chi connectivity index (χ0v) is 17.6. The van der Waals surface area contributed by atoms with Gasteiger partial charge in [-0.1, -0.05) is 60.7 Å². The molecule has 3 aromatic rings. The van der Waals surface area contributed by atoms with Crippen molar-refractivity contribution in [1.29, 1.82) is 0 Å². The number of nitrogens with one attached hydrogen (secondary N) is 1. The number of hydrogen-bond donors (Lipinski definition) is 1. The van der Waals surface area contributed by atoms with Crippen LogP contribution in [0.3, 0.4) is 0 Å². The van der Waals surface area contributed by atoms with E-state index in [9.17, 15) is 13.2 Å². The average Bonchev–Trinajstić information content (AvgIpc) is 2.77. The molecule has 3 aromatic carbocycles.